The fraction of sp³-hybridized carbons (Fsp3) is 0.263. The van der Waals surface area contributed by atoms with Crippen molar-refractivity contribution in [3.63, 3.8) is 0 Å². The zero-order valence-electron chi connectivity index (χ0n) is 14.6. The van der Waals surface area contributed by atoms with Crippen LogP contribution in [0.5, 0.6) is 11.5 Å². The van der Waals surface area contributed by atoms with Crippen LogP contribution >= 0.6 is 11.6 Å². The first-order chi connectivity index (χ1) is 13.0. The number of carbonyl (C=O) groups excluding carboxylic acids is 1. The molecule has 144 valence electrons. The van der Waals surface area contributed by atoms with Gasteiger partial charge in [-0.1, -0.05) is 23.7 Å². The molecule has 3 N–H and O–H groups in total. The first kappa shape index (κ1) is 20.4. The summed E-state index contributed by atoms with van der Waals surface area (Å²) in [6.45, 7) is 1.22. The Morgan fingerprint density at radius 1 is 0.889 bits per heavy atom. The normalized spacial score (nSPS) is 10.1. The number of halogens is 1. The zero-order valence-corrected chi connectivity index (χ0v) is 15.4. The number of aliphatic carboxylic acids is 1. The second-order valence-corrected chi connectivity index (χ2v) is 5.98. The van der Waals surface area contributed by atoms with Gasteiger partial charge in [0, 0.05) is 18.1 Å². The summed E-state index contributed by atoms with van der Waals surface area (Å²) in [5.41, 5.74) is 0.896. The van der Waals surface area contributed by atoms with Crippen LogP contribution in [0, 0.1) is 0 Å². The predicted octanol–water partition coefficient (Wildman–Crippen LogP) is 3.07. The Labute approximate surface area is 162 Å². The number of ether oxygens (including phenoxy) is 2. The van der Waals surface area contributed by atoms with E-state index in [2.05, 4.69) is 10.6 Å². The maximum absolute atomic E-state index is 11.5. The van der Waals surface area contributed by atoms with Crippen LogP contribution in [-0.4, -0.2) is 36.9 Å². The summed E-state index contributed by atoms with van der Waals surface area (Å²) in [6.07, 6.45) is -0.110. The standard InChI is InChI=1S/C19H21ClN2O5/c20-15-3-7-17(8-4-15)27-12-11-26-16-5-1-14(2-6-16)13-22-19(25)21-10-9-18(23)24/h1-8H,9-13H2,(H,23,24)(H2,21,22,25). The monoisotopic (exact) mass is 392 g/mol. The number of carboxylic acid groups (broad SMARTS) is 1. The van der Waals surface area contributed by atoms with Gasteiger partial charge in [0.2, 0.25) is 0 Å². The van der Waals surface area contributed by atoms with Gasteiger partial charge >= 0.3 is 12.0 Å². The van der Waals surface area contributed by atoms with Crippen molar-refractivity contribution < 1.29 is 24.2 Å². The maximum Gasteiger partial charge on any atom is 0.315 e. The Kier molecular flexibility index (Phi) is 8.25. The van der Waals surface area contributed by atoms with Crippen LogP contribution in [0.15, 0.2) is 48.5 Å². The highest BCUT2D eigenvalue weighted by atomic mass is 35.5. The van der Waals surface area contributed by atoms with Crippen LogP contribution in [0.1, 0.15) is 12.0 Å². The van der Waals surface area contributed by atoms with Crippen molar-refractivity contribution in [3.8, 4) is 11.5 Å². The van der Waals surface area contributed by atoms with Crippen molar-refractivity contribution in [2.45, 2.75) is 13.0 Å². The number of carbonyl (C=O) groups is 2. The Morgan fingerprint density at radius 2 is 1.44 bits per heavy atom. The molecular weight excluding hydrogens is 372 g/mol. The summed E-state index contributed by atoms with van der Waals surface area (Å²) in [5.74, 6) is 0.472. The summed E-state index contributed by atoms with van der Waals surface area (Å²) in [5, 5.41) is 14.3. The third kappa shape index (κ3) is 8.33. The maximum atomic E-state index is 11.5. The van der Waals surface area contributed by atoms with Crippen LogP contribution in [0.4, 0.5) is 4.79 Å². The lowest BCUT2D eigenvalue weighted by Gasteiger charge is -2.10. The van der Waals surface area contributed by atoms with Gasteiger partial charge in [-0.3, -0.25) is 4.79 Å². The van der Waals surface area contributed by atoms with E-state index >= 15 is 0 Å². The molecule has 8 heteroatoms. The molecule has 0 atom stereocenters. The molecule has 27 heavy (non-hydrogen) atoms. The quantitative estimate of drug-likeness (QED) is 0.540. The molecule has 0 aromatic heterocycles. The van der Waals surface area contributed by atoms with Gasteiger partial charge in [0.05, 0.1) is 6.42 Å². The zero-order chi connectivity index (χ0) is 19.5. The Balaban J connectivity index is 1.63. The van der Waals surface area contributed by atoms with Crippen molar-refractivity contribution in [3.05, 3.63) is 59.1 Å². The van der Waals surface area contributed by atoms with E-state index in [-0.39, 0.29) is 13.0 Å². The summed E-state index contributed by atoms with van der Waals surface area (Å²) in [4.78, 5) is 21.9. The second kappa shape index (κ2) is 10.9. The minimum atomic E-state index is -0.954. The van der Waals surface area contributed by atoms with E-state index in [1.165, 1.54) is 0 Å². The van der Waals surface area contributed by atoms with Crippen molar-refractivity contribution in [2.75, 3.05) is 19.8 Å². The third-order valence-corrected chi connectivity index (χ3v) is 3.69. The number of carboxylic acids is 1. The van der Waals surface area contributed by atoms with Gasteiger partial charge in [0.1, 0.15) is 24.7 Å². The lowest BCUT2D eigenvalue weighted by atomic mass is 10.2. The predicted molar refractivity (Wildman–Crippen MR) is 101 cm³/mol. The van der Waals surface area contributed by atoms with Crippen LogP contribution in [0.2, 0.25) is 5.02 Å². The molecule has 0 heterocycles. The molecule has 0 aliphatic heterocycles. The summed E-state index contributed by atoms with van der Waals surface area (Å²) in [7, 11) is 0. The highest BCUT2D eigenvalue weighted by Gasteiger charge is 2.03. The number of nitrogens with one attached hydrogen (secondary N) is 2. The van der Waals surface area contributed by atoms with Gasteiger partial charge in [0.15, 0.2) is 0 Å². The lowest BCUT2D eigenvalue weighted by molar-refractivity contribution is -0.136. The van der Waals surface area contributed by atoms with Crippen molar-refractivity contribution in [1.82, 2.24) is 10.6 Å². The molecule has 2 aromatic carbocycles. The van der Waals surface area contributed by atoms with E-state index in [1.54, 1.807) is 24.3 Å². The number of benzene rings is 2. The van der Waals surface area contributed by atoms with Gasteiger partial charge in [-0.25, -0.2) is 4.79 Å². The van der Waals surface area contributed by atoms with Crippen LogP contribution < -0.4 is 20.1 Å². The molecule has 0 aliphatic rings. The number of amides is 2. The van der Waals surface area contributed by atoms with Crippen molar-refractivity contribution in [2.24, 2.45) is 0 Å². The molecule has 0 bridgehead atoms. The van der Waals surface area contributed by atoms with E-state index in [9.17, 15) is 9.59 Å². The Morgan fingerprint density at radius 3 is 2.00 bits per heavy atom. The topological polar surface area (TPSA) is 96.9 Å². The molecule has 0 fully saturated rings. The van der Waals surface area contributed by atoms with E-state index in [0.717, 1.165) is 11.3 Å². The molecule has 7 nitrogen and oxygen atoms in total. The highest BCUT2D eigenvalue weighted by molar-refractivity contribution is 6.30. The smallest absolute Gasteiger partial charge is 0.315 e. The first-order valence-electron chi connectivity index (χ1n) is 8.36. The third-order valence-electron chi connectivity index (χ3n) is 3.44. The van der Waals surface area contributed by atoms with Crippen molar-refractivity contribution >= 4 is 23.6 Å². The van der Waals surface area contributed by atoms with Gasteiger partial charge in [-0.15, -0.1) is 0 Å². The molecule has 0 unspecified atom stereocenters. The molecule has 0 aliphatic carbocycles. The lowest BCUT2D eigenvalue weighted by Crippen LogP contribution is -2.36. The molecule has 2 amide bonds. The van der Waals surface area contributed by atoms with Crippen LogP contribution in [-0.2, 0) is 11.3 Å². The second-order valence-electron chi connectivity index (χ2n) is 5.55. The molecule has 2 aromatic rings. The van der Waals surface area contributed by atoms with Crippen LogP contribution in [0.25, 0.3) is 0 Å². The van der Waals surface area contributed by atoms with E-state index < -0.39 is 12.0 Å². The minimum absolute atomic E-state index is 0.0893. The van der Waals surface area contributed by atoms with E-state index in [4.69, 9.17) is 26.2 Å². The van der Waals surface area contributed by atoms with Gasteiger partial charge in [0.25, 0.3) is 0 Å². The Bertz CT molecular complexity index is 735. The molecule has 0 saturated carbocycles. The molecular formula is C19H21ClN2O5. The highest BCUT2D eigenvalue weighted by Crippen LogP contribution is 2.16. The first-order valence-corrected chi connectivity index (χ1v) is 8.74. The fourth-order valence-electron chi connectivity index (χ4n) is 2.08. The molecule has 0 spiro atoms. The van der Waals surface area contributed by atoms with Gasteiger partial charge in [-0.05, 0) is 42.0 Å². The fourth-order valence-corrected chi connectivity index (χ4v) is 2.21. The van der Waals surface area contributed by atoms with E-state index in [1.807, 2.05) is 24.3 Å². The number of rotatable bonds is 10. The molecule has 0 radical (unpaired) electrons. The summed E-state index contributed by atoms with van der Waals surface area (Å²) < 4.78 is 11.1. The molecule has 0 saturated heterocycles. The van der Waals surface area contributed by atoms with Crippen molar-refractivity contribution in [1.29, 1.82) is 0 Å². The van der Waals surface area contributed by atoms with E-state index in [0.29, 0.717) is 30.5 Å². The number of hydrogen-bond acceptors (Lipinski definition) is 4. The largest absolute Gasteiger partial charge is 0.490 e. The SMILES string of the molecule is O=C(O)CCNC(=O)NCc1ccc(OCCOc2ccc(Cl)cc2)cc1. The minimum Gasteiger partial charge on any atom is -0.490 e. The number of hydrogen-bond donors (Lipinski definition) is 3. The molecule has 2 rings (SSSR count). The van der Waals surface area contributed by atoms with Crippen LogP contribution in [0.3, 0.4) is 0 Å². The Hall–Kier alpha value is -2.93. The summed E-state index contributed by atoms with van der Waals surface area (Å²) in [6, 6.07) is 14.0. The summed E-state index contributed by atoms with van der Waals surface area (Å²) >= 11 is 5.81. The van der Waals surface area contributed by atoms with Gasteiger partial charge < -0.3 is 25.2 Å². The average molecular weight is 393 g/mol. The average Bonchev–Trinajstić information content (AvgIpc) is 2.65. The van der Waals surface area contributed by atoms with Gasteiger partial charge in [-0.2, -0.15) is 0 Å². The number of urea groups is 1.